The number of aliphatic carboxylic acids is 1. The molecule has 0 saturated heterocycles. The largest absolute Gasteiger partial charge is 0.481 e. The van der Waals surface area contributed by atoms with E-state index in [1.165, 1.54) is 0 Å². The normalized spacial score (nSPS) is 7.62. The molecule has 0 bridgehead atoms. The molecule has 0 saturated carbocycles. The van der Waals surface area contributed by atoms with Gasteiger partial charge in [-0.05, 0) is 12.5 Å². The fourth-order valence-electron chi connectivity index (χ4n) is 0.289. The van der Waals surface area contributed by atoms with E-state index in [4.69, 9.17) is 5.11 Å². The van der Waals surface area contributed by atoms with Crippen LogP contribution in [0.3, 0.4) is 0 Å². The second kappa shape index (κ2) is 3.05. The predicted molar refractivity (Wildman–Crippen MR) is 30.6 cm³/mol. The number of rotatable bonds is 2. The molecule has 1 N–H and O–H groups in total. The van der Waals surface area contributed by atoms with E-state index in [2.05, 4.69) is 12.3 Å². The minimum Gasteiger partial charge on any atom is -0.481 e. The average molecular weight is 112 g/mol. The van der Waals surface area contributed by atoms with Crippen molar-refractivity contribution in [1.82, 2.24) is 0 Å². The van der Waals surface area contributed by atoms with Gasteiger partial charge in [-0.2, -0.15) is 0 Å². The molecule has 0 heterocycles. The zero-order valence-corrected chi connectivity index (χ0v) is 4.77. The fourth-order valence-corrected chi connectivity index (χ4v) is 0.289. The van der Waals surface area contributed by atoms with Crippen molar-refractivity contribution in [2.75, 3.05) is 0 Å². The maximum atomic E-state index is 9.88. The Morgan fingerprint density at radius 3 is 2.50 bits per heavy atom. The van der Waals surface area contributed by atoms with Crippen molar-refractivity contribution in [2.45, 2.75) is 13.3 Å². The van der Waals surface area contributed by atoms with Crippen LogP contribution in [0, 0.1) is 0 Å². The number of carboxylic acids is 1. The molecule has 0 fully saturated rings. The van der Waals surface area contributed by atoms with Gasteiger partial charge >= 0.3 is 5.97 Å². The summed E-state index contributed by atoms with van der Waals surface area (Å²) in [6.45, 7) is 4.97. The Labute approximate surface area is 48.1 Å². The molecule has 0 radical (unpaired) electrons. The van der Waals surface area contributed by atoms with Gasteiger partial charge in [-0.1, -0.05) is 6.58 Å². The molecular formula is C6H8O2. The highest BCUT2D eigenvalue weighted by molar-refractivity contribution is 5.69. The first-order valence-corrected chi connectivity index (χ1v) is 2.24. The van der Waals surface area contributed by atoms with Crippen molar-refractivity contribution in [3.8, 4) is 0 Å². The molecular weight excluding hydrogens is 104 g/mol. The van der Waals surface area contributed by atoms with Gasteiger partial charge in [-0.25, -0.2) is 0 Å². The predicted octanol–water partition coefficient (Wildman–Crippen LogP) is 1.19. The third kappa shape index (κ3) is 3.19. The van der Waals surface area contributed by atoms with Crippen LogP contribution in [0.5, 0.6) is 0 Å². The maximum Gasteiger partial charge on any atom is 0.308 e. The maximum absolute atomic E-state index is 9.88. The highest BCUT2D eigenvalue weighted by atomic mass is 16.4. The highest BCUT2D eigenvalue weighted by Gasteiger charge is 1.94. The van der Waals surface area contributed by atoms with E-state index in [0.717, 1.165) is 0 Å². The van der Waals surface area contributed by atoms with Crippen LogP contribution >= 0.6 is 0 Å². The summed E-state index contributed by atoms with van der Waals surface area (Å²) in [6, 6.07) is 0. The first-order valence-electron chi connectivity index (χ1n) is 2.24. The molecule has 0 atom stereocenters. The first kappa shape index (κ1) is 6.99. The van der Waals surface area contributed by atoms with Crippen LogP contribution in [-0.4, -0.2) is 11.1 Å². The van der Waals surface area contributed by atoms with Gasteiger partial charge in [0.25, 0.3) is 0 Å². The molecule has 0 aliphatic rings. The molecule has 0 aromatic heterocycles. The smallest absolute Gasteiger partial charge is 0.308 e. The summed E-state index contributed by atoms with van der Waals surface area (Å²) in [5.41, 5.74) is 3.15. The number of carboxylic acid groups (broad SMARTS) is 1. The lowest BCUT2D eigenvalue weighted by molar-refractivity contribution is -0.136. The second-order valence-corrected chi connectivity index (χ2v) is 1.53. The van der Waals surface area contributed by atoms with Crippen molar-refractivity contribution in [1.29, 1.82) is 0 Å². The van der Waals surface area contributed by atoms with Crippen LogP contribution in [0.2, 0.25) is 0 Å². The van der Waals surface area contributed by atoms with Gasteiger partial charge in [0, 0.05) is 0 Å². The zero-order valence-electron chi connectivity index (χ0n) is 4.77. The first-order chi connectivity index (χ1) is 3.66. The summed E-state index contributed by atoms with van der Waals surface area (Å²) in [4.78, 5) is 9.88. The van der Waals surface area contributed by atoms with Crippen LogP contribution in [0.25, 0.3) is 0 Å². The number of hydrogen-bond donors (Lipinski definition) is 1. The Kier molecular flexibility index (Phi) is 2.67. The number of hydrogen-bond acceptors (Lipinski definition) is 1. The van der Waals surface area contributed by atoms with Crippen molar-refractivity contribution in [3.05, 3.63) is 17.9 Å². The van der Waals surface area contributed by atoms with E-state index in [1.807, 2.05) is 0 Å². The minimum absolute atomic E-state index is 0.0451. The molecule has 0 unspecified atom stereocenters. The Bertz CT molecular complexity index is 141. The van der Waals surface area contributed by atoms with E-state index in [0.29, 0.717) is 5.57 Å². The molecule has 0 aromatic carbocycles. The van der Waals surface area contributed by atoms with Crippen LogP contribution in [0.15, 0.2) is 17.9 Å². The molecule has 0 aliphatic heterocycles. The SMILES string of the molecule is C=C=C(C)CC(=O)O. The molecule has 2 nitrogen and oxygen atoms in total. The van der Waals surface area contributed by atoms with Gasteiger partial charge in [0.15, 0.2) is 0 Å². The van der Waals surface area contributed by atoms with Crippen LogP contribution < -0.4 is 0 Å². The van der Waals surface area contributed by atoms with E-state index in [9.17, 15) is 4.79 Å². The molecule has 0 aliphatic carbocycles. The molecule has 0 spiro atoms. The lowest BCUT2D eigenvalue weighted by atomic mass is 10.2. The lowest BCUT2D eigenvalue weighted by Gasteiger charge is -1.86. The van der Waals surface area contributed by atoms with E-state index in [1.54, 1.807) is 6.92 Å². The fraction of sp³-hybridized carbons (Fsp3) is 0.333. The highest BCUT2D eigenvalue weighted by Crippen LogP contribution is 1.94. The molecule has 0 rings (SSSR count). The van der Waals surface area contributed by atoms with Gasteiger partial charge in [0.05, 0.1) is 6.42 Å². The van der Waals surface area contributed by atoms with Gasteiger partial charge in [-0.15, -0.1) is 5.73 Å². The summed E-state index contributed by atoms with van der Waals surface area (Å²) < 4.78 is 0. The summed E-state index contributed by atoms with van der Waals surface area (Å²) in [5.74, 6) is -0.835. The third-order valence-electron chi connectivity index (χ3n) is 0.718. The van der Waals surface area contributed by atoms with Crippen molar-refractivity contribution in [3.63, 3.8) is 0 Å². The van der Waals surface area contributed by atoms with E-state index < -0.39 is 5.97 Å². The minimum atomic E-state index is -0.835. The molecule has 8 heavy (non-hydrogen) atoms. The topological polar surface area (TPSA) is 37.3 Å². The van der Waals surface area contributed by atoms with Crippen LogP contribution in [-0.2, 0) is 4.79 Å². The van der Waals surface area contributed by atoms with Crippen LogP contribution in [0.4, 0.5) is 0 Å². The van der Waals surface area contributed by atoms with Crippen molar-refractivity contribution < 1.29 is 9.90 Å². The van der Waals surface area contributed by atoms with Crippen molar-refractivity contribution >= 4 is 5.97 Å². The Hall–Kier alpha value is -1.01. The molecule has 0 amide bonds. The van der Waals surface area contributed by atoms with Crippen molar-refractivity contribution in [2.24, 2.45) is 0 Å². The summed E-state index contributed by atoms with van der Waals surface area (Å²) in [5, 5.41) is 8.13. The number of carbonyl (C=O) groups is 1. The van der Waals surface area contributed by atoms with Gasteiger partial charge in [0.2, 0.25) is 0 Å². The Morgan fingerprint density at radius 1 is 1.88 bits per heavy atom. The van der Waals surface area contributed by atoms with Gasteiger partial charge < -0.3 is 5.11 Å². The lowest BCUT2D eigenvalue weighted by Crippen LogP contribution is -1.93. The standard InChI is InChI=1S/C6H8O2/c1-3-5(2)4-6(7)8/h1,4H2,2H3,(H,7,8). The molecule has 2 heteroatoms. The summed E-state index contributed by atoms with van der Waals surface area (Å²) in [7, 11) is 0. The molecule has 44 valence electrons. The third-order valence-corrected chi connectivity index (χ3v) is 0.718. The van der Waals surface area contributed by atoms with E-state index >= 15 is 0 Å². The quantitative estimate of drug-likeness (QED) is 0.545. The molecule has 0 aromatic rings. The Morgan fingerprint density at radius 2 is 2.38 bits per heavy atom. The van der Waals surface area contributed by atoms with E-state index in [-0.39, 0.29) is 6.42 Å². The average Bonchev–Trinajstić information content (AvgIpc) is 1.65. The summed E-state index contributed by atoms with van der Waals surface area (Å²) in [6.07, 6.45) is 0.0451. The second-order valence-electron chi connectivity index (χ2n) is 1.53. The Balaban J connectivity index is 3.74. The monoisotopic (exact) mass is 112 g/mol. The zero-order chi connectivity index (χ0) is 6.57. The summed E-state index contributed by atoms with van der Waals surface area (Å²) >= 11 is 0. The van der Waals surface area contributed by atoms with Crippen LogP contribution in [0.1, 0.15) is 13.3 Å². The van der Waals surface area contributed by atoms with Gasteiger partial charge in [0.1, 0.15) is 0 Å². The van der Waals surface area contributed by atoms with Gasteiger partial charge in [-0.3, -0.25) is 4.79 Å².